The topological polar surface area (TPSA) is 32.3 Å². The molecule has 0 amide bonds. The number of hydrogen-bond acceptors (Lipinski definition) is 2. The van der Waals surface area contributed by atoms with Crippen molar-refractivity contribution in [3.63, 3.8) is 0 Å². The van der Waals surface area contributed by atoms with Gasteiger partial charge in [-0.2, -0.15) is 0 Å². The highest BCUT2D eigenvalue weighted by molar-refractivity contribution is 6.42. The molecular weight excluding hydrogens is 281 g/mol. The van der Waals surface area contributed by atoms with E-state index in [1.165, 1.54) is 0 Å². The van der Waals surface area contributed by atoms with Crippen molar-refractivity contribution in [2.45, 2.75) is 12.6 Å². The Morgan fingerprint density at radius 2 is 1.74 bits per heavy atom. The molecule has 1 atom stereocenters. The summed E-state index contributed by atoms with van der Waals surface area (Å²) in [5.74, 6) is 0. The minimum Gasteiger partial charge on any atom is -0.387 e. The summed E-state index contributed by atoms with van der Waals surface area (Å²) in [6.45, 7) is 1.04. The van der Waals surface area contributed by atoms with Gasteiger partial charge in [-0.3, -0.25) is 0 Å². The van der Waals surface area contributed by atoms with E-state index in [2.05, 4.69) is 5.32 Å². The van der Waals surface area contributed by atoms with Crippen LogP contribution in [0.25, 0.3) is 0 Å². The smallest absolute Gasteiger partial charge is 0.0914 e. The summed E-state index contributed by atoms with van der Waals surface area (Å²) < 4.78 is 0. The molecule has 2 N–H and O–H groups in total. The first kappa shape index (κ1) is 14.4. The number of rotatable bonds is 5. The molecule has 0 saturated heterocycles. The molecule has 0 fully saturated rings. The van der Waals surface area contributed by atoms with E-state index >= 15 is 0 Å². The number of hydrogen-bond donors (Lipinski definition) is 2. The van der Waals surface area contributed by atoms with Crippen molar-refractivity contribution in [1.82, 2.24) is 5.32 Å². The molecule has 0 heterocycles. The molecule has 2 aromatic rings. The second-order valence-corrected chi connectivity index (χ2v) is 5.06. The van der Waals surface area contributed by atoms with Gasteiger partial charge in [-0.25, -0.2) is 0 Å². The van der Waals surface area contributed by atoms with Crippen LogP contribution in [0.5, 0.6) is 0 Å². The standard InChI is InChI=1S/C15H15Cl2NO/c16-13-8-4-7-12(15(13)17)9-18-10-14(19)11-5-2-1-3-6-11/h1-8,14,18-19H,9-10H2. The van der Waals surface area contributed by atoms with Crippen LogP contribution in [-0.4, -0.2) is 11.7 Å². The van der Waals surface area contributed by atoms with Gasteiger partial charge in [-0.05, 0) is 17.2 Å². The van der Waals surface area contributed by atoms with Gasteiger partial charge in [-0.1, -0.05) is 65.7 Å². The minimum atomic E-state index is -0.529. The second kappa shape index (κ2) is 6.92. The van der Waals surface area contributed by atoms with Gasteiger partial charge in [0.2, 0.25) is 0 Å². The van der Waals surface area contributed by atoms with E-state index in [9.17, 15) is 5.11 Å². The molecule has 2 aromatic carbocycles. The average molecular weight is 296 g/mol. The van der Waals surface area contributed by atoms with Gasteiger partial charge in [0.15, 0.2) is 0 Å². The van der Waals surface area contributed by atoms with Gasteiger partial charge in [0.05, 0.1) is 16.1 Å². The van der Waals surface area contributed by atoms with Crippen LogP contribution < -0.4 is 5.32 Å². The first-order chi connectivity index (χ1) is 9.18. The molecule has 0 aliphatic heterocycles. The van der Waals surface area contributed by atoms with Gasteiger partial charge in [0.25, 0.3) is 0 Å². The van der Waals surface area contributed by atoms with Crippen molar-refractivity contribution in [1.29, 1.82) is 0 Å². The first-order valence-electron chi connectivity index (χ1n) is 6.05. The lowest BCUT2D eigenvalue weighted by Crippen LogP contribution is -2.21. The quantitative estimate of drug-likeness (QED) is 0.879. The molecule has 0 spiro atoms. The van der Waals surface area contributed by atoms with Crippen molar-refractivity contribution in [3.8, 4) is 0 Å². The summed E-state index contributed by atoms with van der Waals surface area (Å²) in [7, 11) is 0. The fraction of sp³-hybridized carbons (Fsp3) is 0.200. The third-order valence-corrected chi connectivity index (χ3v) is 3.73. The Balaban J connectivity index is 1.88. The Morgan fingerprint density at radius 1 is 1.00 bits per heavy atom. The molecule has 2 rings (SSSR count). The fourth-order valence-corrected chi connectivity index (χ4v) is 2.21. The Bertz CT molecular complexity index is 531. The zero-order valence-electron chi connectivity index (χ0n) is 10.3. The van der Waals surface area contributed by atoms with Crippen LogP contribution in [0, 0.1) is 0 Å². The lowest BCUT2D eigenvalue weighted by molar-refractivity contribution is 0.174. The van der Waals surface area contributed by atoms with Crippen LogP contribution in [0.1, 0.15) is 17.2 Å². The maximum Gasteiger partial charge on any atom is 0.0914 e. The Morgan fingerprint density at radius 3 is 2.47 bits per heavy atom. The second-order valence-electron chi connectivity index (χ2n) is 4.27. The summed E-state index contributed by atoms with van der Waals surface area (Å²) in [6, 6.07) is 15.1. The number of nitrogens with one attached hydrogen (secondary N) is 1. The van der Waals surface area contributed by atoms with E-state index in [0.717, 1.165) is 11.1 Å². The molecule has 4 heteroatoms. The van der Waals surface area contributed by atoms with E-state index in [0.29, 0.717) is 23.1 Å². The van der Waals surface area contributed by atoms with Crippen LogP contribution in [0.3, 0.4) is 0 Å². The van der Waals surface area contributed by atoms with E-state index < -0.39 is 6.10 Å². The van der Waals surface area contributed by atoms with Crippen molar-refractivity contribution in [3.05, 3.63) is 69.7 Å². The van der Waals surface area contributed by atoms with Gasteiger partial charge >= 0.3 is 0 Å². The summed E-state index contributed by atoms with van der Waals surface area (Å²) in [4.78, 5) is 0. The van der Waals surface area contributed by atoms with Crippen molar-refractivity contribution in [2.75, 3.05) is 6.54 Å². The Labute approximate surface area is 123 Å². The summed E-state index contributed by atoms with van der Waals surface area (Å²) >= 11 is 12.0. The van der Waals surface area contributed by atoms with Crippen molar-refractivity contribution >= 4 is 23.2 Å². The number of aliphatic hydroxyl groups is 1. The zero-order valence-corrected chi connectivity index (χ0v) is 11.8. The minimum absolute atomic E-state index is 0.465. The lowest BCUT2D eigenvalue weighted by Gasteiger charge is -2.13. The number of halogens is 2. The third kappa shape index (κ3) is 3.95. The van der Waals surface area contributed by atoms with Crippen molar-refractivity contribution < 1.29 is 5.11 Å². The average Bonchev–Trinajstić information content (AvgIpc) is 2.44. The van der Waals surface area contributed by atoms with E-state index in [4.69, 9.17) is 23.2 Å². The maximum absolute atomic E-state index is 10.0. The molecule has 1 unspecified atom stereocenters. The predicted octanol–water partition coefficient (Wildman–Crippen LogP) is 3.82. The highest BCUT2D eigenvalue weighted by Crippen LogP contribution is 2.25. The monoisotopic (exact) mass is 295 g/mol. The molecule has 2 nitrogen and oxygen atoms in total. The van der Waals surface area contributed by atoms with E-state index in [-0.39, 0.29) is 0 Å². The molecule has 0 radical (unpaired) electrons. The highest BCUT2D eigenvalue weighted by Gasteiger charge is 2.07. The fourth-order valence-electron chi connectivity index (χ4n) is 1.82. The molecule has 0 saturated carbocycles. The molecule has 0 aliphatic carbocycles. The Hall–Kier alpha value is -1.06. The van der Waals surface area contributed by atoms with Gasteiger partial charge < -0.3 is 10.4 Å². The summed E-state index contributed by atoms with van der Waals surface area (Å²) in [5.41, 5.74) is 1.82. The van der Waals surface area contributed by atoms with Crippen LogP contribution >= 0.6 is 23.2 Å². The summed E-state index contributed by atoms with van der Waals surface area (Å²) in [6.07, 6.45) is -0.529. The SMILES string of the molecule is OC(CNCc1cccc(Cl)c1Cl)c1ccccc1. The molecule has 0 aliphatic rings. The zero-order chi connectivity index (χ0) is 13.7. The Kier molecular flexibility index (Phi) is 5.23. The first-order valence-corrected chi connectivity index (χ1v) is 6.80. The maximum atomic E-state index is 10.0. The van der Waals surface area contributed by atoms with Crippen LogP contribution in [0.15, 0.2) is 48.5 Å². The predicted molar refractivity (Wildman–Crippen MR) is 79.6 cm³/mol. The van der Waals surface area contributed by atoms with E-state index in [1.54, 1.807) is 6.07 Å². The van der Waals surface area contributed by atoms with Crippen molar-refractivity contribution in [2.24, 2.45) is 0 Å². The van der Waals surface area contributed by atoms with Crippen LogP contribution in [0.2, 0.25) is 10.0 Å². The third-order valence-electron chi connectivity index (χ3n) is 2.87. The number of benzene rings is 2. The van der Waals surface area contributed by atoms with Gasteiger partial charge in [-0.15, -0.1) is 0 Å². The number of aliphatic hydroxyl groups excluding tert-OH is 1. The highest BCUT2D eigenvalue weighted by atomic mass is 35.5. The van der Waals surface area contributed by atoms with Crippen LogP contribution in [-0.2, 0) is 6.54 Å². The van der Waals surface area contributed by atoms with Crippen LogP contribution in [0.4, 0.5) is 0 Å². The molecule has 0 bridgehead atoms. The summed E-state index contributed by atoms with van der Waals surface area (Å²) in [5, 5.41) is 14.3. The van der Waals surface area contributed by atoms with Gasteiger partial charge in [0, 0.05) is 13.1 Å². The molecule has 19 heavy (non-hydrogen) atoms. The van der Waals surface area contributed by atoms with E-state index in [1.807, 2.05) is 42.5 Å². The van der Waals surface area contributed by atoms with Gasteiger partial charge in [0.1, 0.15) is 0 Å². The molecular formula is C15H15Cl2NO. The normalized spacial score (nSPS) is 12.4. The molecule has 100 valence electrons. The molecule has 0 aromatic heterocycles. The largest absolute Gasteiger partial charge is 0.387 e. The lowest BCUT2D eigenvalue weighted by atomic mass is 10.1.